The topological polar surface area (TPSA) is 77.5 Å². The van der Waals surface area contributed by atoms with Gasteiger partial charge < -0.3 is 9.15 Å². The Balaban J connectivity index is 1.85. The van der Waals surface area contributed by atoms with E-state index in [0.29, 0.717) is 18.5 Å². The summed E-state index contributed by atoms with van der Waals surface area (Å²) < 4.78 is 10.9. The third kappa shape index (κ3) is 2.62. The minimum atomic E-state index is -0.424. The fourth-order valence-electron chi connectivity index (χ4n) is 1.90. The highest BCUT2D eigenvalue weighted by atomic mass is 16.5. The fraction of sp³-hybridized carbons (Fsp3) is 0.545. The first-order chi connectivity index (χ1) is 7.79. The largest absolute Gasteiger partial charge is 0.453 e. The fourth-order valence-corrected chi connectivity index (χ4v) is 1.90. The molecule has 16 heavy (non-hydrogen) atoms. The van der Waals surface area contributed by atoms with Gasteiger partial charge in [0.25, 0.3) is 0 Å². The van der Waals surface area contributed by atoms with Crippen molar-refractivity contribution in [1.82, 2.24) is 5.43 Å². The predicted octanol–water partition coefficient (Wildman–Crippen LogP) is 1.34. The molecule has 1 heterocycles. The maximum absolute atomic E-state index is 11.1. The van der Waals surface area contributed by atoms with Crippen LogP contribution in [0.15, 0.2) is 16.5 Å². The molecule has 1 saturated carbocycles. The van der Waals surface area contributed by atoms with E-state index >= 15 is 0 Å². The molecule has 0 atom stereocenters. The number of rotatable bonds is 4. The number of ether oxygens (including phenoxy) is 1. The van der Waals surface area contributed by atoms with E-state index in [1.807, 2.05) is 5.43 Å². The summed E-state index contributed by atoms with van der Waals surface area (Å²) in [6, 6.07) is 3.33. The Labute approximate surface area is 93.9 Å². The Bertz CT molecular complexity index is 356. The Morgan fingerprint density at radius 1 is 1.50 bits per heavy atom. The quantitative estimate of drug-likeness (QED) is 0.459. The van der Waals surface area contributed by atoms with Crippen LogP contribution < -0.4 is 11.3 Å². The van der Waals surface area contributed by atoms with Crippen molar-refractivity contribution in [2.45, 2.75) is 38.4 Å². The first-order valence-corrected chi connectivity index (χ1v) is 5.51. The number of hydrazine groups is 1. The van der Waals surface area contributed by atoms with Gasteiger partial charge in [0.2, 0.25) is 0 Å². The van der Waals surface area contributed by atoms with Crippen molar-refractivity contribution in [3.05, 3.63) is 23.7 Å². The molecule has 1 amide bonds. The van der Waals surface area contributed by atoms with E-state index in [-0.39, 0.29) is 5.76 Å². The van der Waals surface area contributed by atoms with Crippen LogP contribution in [0.25, 0.3) is 0 Å². The number of carbonyl (C=O) groups is 1. The monoisotopic (exact) mass is 224 g/mol. The lowest BCUT2D eigenvalue weighted by atomic mass is 10.3. The molecule has 1 aliphatic carbocycles. The van der Waals surface area contributed by atoms with Crippen LogP contribution in [-0.4, -0.2) is 12.0 Å². The third-order valence-corrected chi connectivity index (χ3v) is 2.78. The summed E-state index contributed by atoms with van der Waals surface area (Å²) in [6.45, 7) is 0.419. The van der Waals surface area contributed by atoms with Crippen LogP contribution in [0.4, 0.5) is 0 Å². The van der Waals surface area contributed by atoms with Gasteiger partial charge in [-0.3, -0.25) is 10.2 Å². The minimum Gasteiger partial charge on any atom is -0.453 e. The highest BCUT2D eigenvalue weighted by Gasteiger charge is 2.16. The summed E-state index contributed by atoms with van der Waals surface area (Å²) in [5.41, 5.74) is 2.02. The SMILES string of the molecule is NNC(=O)c1ccc(COC2CCCC2)o1. The Kier molecular flexibility index (Phi) is 3.58. The highest BCUT2D eigenvalue weighted by Crippen LogP contribution is 2.22. The summed E-state index contributed by atoms with van der Waals surface area (Å²) in [5.74, 6) is 5.45. The van der Waals surface area contributed by atoms with Gasteiger partial charge in [-0.15, -0.1) is 0 Å². The molecule has 0 unspecified atom stereocenters. The van der Waals surface area contributed by atoms with Crippen molar-refractivity contribution in [1.29, 1.82) is 0 Å². The Morgan fingerprint density at radius 3 is 2.94 bits per heavy atom. The van der Waals surface area contributed by atoms with Gasteiger partial charge in [0, 0.05) is 0 Å². The number of nitrogens with two attached hydrogens (primary N) is 1. The summed E-state index contributed by atoms with van der Waals surface area (Å²) in [7, 11) is 0. The molecule has 88 valence electrons. The molecule has 5 nitrogen and oxygen atoms in total. The van der Waals surface area contributed by atoms with E-state index in [1.54, 1.807) is 12.1 Å². The molecular formula is C11H16N2O3. The van der Waals surface area contributed by atoms with Gasteiger partial charge in [0.05, 0.1) is 6.10 Å². The van der Waals surface area contributed by atoms with Crippen LogP contribution >= 0.6 is 0 Å². The average Bonchev–Trinajstić information content (AvgIpc) is 2.96. The summed E-state index contributed by atoms with van der Waals surface area (Å²) in [4.78, 5) is 11.1. The van der Waals surface area contributed by atoms with Crippen LogP contribution in [0.3, 0.4) is 0 Å². The minimum absolute atomic E-state index is 0.215. The van der Waals surface area contributed by atoms with E-state index in [1.165, 1.54) is 12.8 Å². The molecule has 0 spiro atoms. The first kappa shape index (κ1) is 11.2. The van der Waals surface area contributed by atoms with Crippen LogP contribution in [0.1, 0.15) is 42.0 Å². The average molecular weight is 224 g/mol. The zero-order chi connectivity index (χ0) is 11.4. The lowest BCUT2D eigenvalue weighted by Crippen LogP contribution is -2.29. The molecule has 1 aliphatic rings. The van der Waals surface area contributed by atoms with Crippen molar-refractivity contribution in [3.8, 4) is 0 Å². The van der Waals surface area contributed by atoms with Crippen LogP contribution in [0.2, 0.25) is 0 Å². The number of hydrogen-bond donors (Lipinski definition) is 2. The molecule has 0 saturated heterocycles. The van der Waals surface area contributed by atoms with E-state index < -0.39 is 5.91 Å². The number of carbonyl (C=O) groups excluding carboxylic acids is 1. The molecule has 3 N–H and O–H groups in total. The summed E-state index contributed by atoms with van der Waals surface area (Å²) in [6.07, 6.45) is 5.07. The molecule has 0 aliphatic heterocycles. The molecule has 0 aromatic carbocycles. The van der Waals surface area contributed by atoms with E-state index in [2.05, 4.69) is 0 Å². The van der Waals surface area contributed by atoms with Gasteiger partial charge in [-0.1, -0.05) is 12.8 Å². The van der Waals surface area contributed by atoms with Crippen molar-refractivity contribution in [2.24, 2.45) is 5.84 Å². The number of nitrogen functional groups attached to an aromatic ring is 1. The van der Waals surface area contributed by atoms with Gasteiger partial charge in [-0.2, -0.15) is 0 Å². The third-order valence-electron chi connectivity index (χ3n) is 2.78. The smallest absolute Gasteiger partial charge is 0.300 e. The van der Waals surface area contributed by atoms with E-state index in [0.717, 1.165) is 12.8 Å². The molecule has 1 fully saturated rings. The first-order valence-electron chi connectivity index (χ1n) is 5.51. The van der Waals surface area contributed by atoms with Gasteiger partial charge >= 0.3 is 5.91 Å². The second kappa shape index (κ2) is 5.14. The molecular weight excluding hydrogens is 208 g/mol. The van der Waals surface area contributed by atoms with Gasteiger partial charge in [0.1, 0.15) is 12.4 Å². The molecule has 0 radical (unpaired) electrons. The summed E-state index contributed by atoms with van der Waals surface area (Å²) >= 11 is 0. The summed E-state index contributed by atoms with van der Waals surface area (Å²) in [5, 5.41) is 0. The molecule has 5 heteroatoms. The molecule has 1 aromatic rings. The maximum atomic E-state index is 11.1. The highest BCUT2D eigenvalue weighted by molar-refractivity contribution is 5.90. The van der Waals surface area contributed by atoms with Crippen LogP contribution in [-0.2, 0) is 11.3 Å². The van der Waals surface area contributed by atoms with Gasteiger partial charge in [0.15, 0.2) is 5.76 Å². The second-order valence-corrected chi connectivity index (χ2v) is 3.96. The zero-order valence-corrected chi connectivity index (χ0v) is 9.07. The maximum Gasteiger partial charge on any atom is 0.300 e. The number of amides is 1. The Hall–Kier alpha value is -1.33. The van der Waals surface area contributed by atoms with E-state index in [4.69, 9.17) is 15.0 Å². The number of hydrogen-bond acceptors (Lipinski definition) is 4. The van der Waals surface area contributed by atoms with Crippen molar-refractivity contribution in [2.75, 3.05) is 0 Å². The zero-order valence-electron chi connectivity index (χ0n) is 9.07. The lowest BCUT2D eigenvalue weighted by Gasteiger charge is -2.08. The van der Waals surface area contributed by atoms with Crippen LogP contribution in [0.5, 0.6) is 0 Å². The second-order valence-electron chi connectivity index (χ2n) is 3.96. The van der Waals surface area contributed by atoms with Gasteiger partial charge in [-0.25, -0.2) is 5.84 Å². The molecule has 1 aromatic heterocycles. The number of furan rings is 1. The van der Waals surface area contributed by atoms with Crippen molar-refractivity contribution in [3.63, 3.8) is 0 Å². The standard InChI is InChI=1S/C11H16N2O3/c12-13-11(14)10-6-5-9(16-10)7-15-8-3-1-2-4-8/h5-6,8H,1-4,7,12H2,(H,13,14). The van der Waals surface area contributed by atoms with Crippen molar-refractivity contribution >= 4 is 5.91 Å². The lowest BCUT2D eigenvalue weighted by molar-refractivity contribution is 0.0351. The van der Waals surface area contributed by atoms with Crippen LogP contribution in [0, 0.1) is 0 Å². The predicted molar refractivity (Wildman–Crippen MR) is 57.4 cm³/mol. The molecule has 0 bridgehead atoms. The van der Waals surface area contributed by atoms with Gasteiger partial charge in [-0.05, 0) is 25.0 Å². The molecule has 2 rings (SSSR count). The van der Waals surface area contributed by atoms with Crippen molar-refractivity contribution < 1.29 is 13.9 Å². The van der Waals surface area contributed by atoms with E-state index in [9.17, 15) is 4.79 Å². The normalized spacial score (nSPS) is 16.6. The Morgan fingerprint density at radius 2 is 2.25 bits per heavy atom. The number of nitrogens with one attached hydrogen (secondary N) is 1.